The molecule has 2 heterocycles. The average Bonchev–Trinajstić information content (AvgIpc) is 3.23. The number of nitrogens with zero attached hydrogens (tertiary/aromatic N) is 2. The van der Waals surface area contributed by atoms with Gasteiger partial charge >= 0.3 is 12.0 Å². The van der Waals surface area contributed by atoms with Crippen LogP contribution in [0.3, 0.4) is 0 Å². The van der Waals surface area contributed by atoms with Crippen molar-refractivity contribution in [3.63, 3.8) is 0 Å². The maximum absolute atomic E-state index is 13.4. The molecular weight excluding hydrogens is 418 g/mol. The van der Waals surface area contributed by atoms with Crippen LogP contribution in [0, 0.1) is 6.92 Å². The Hall–Kier alpha value is -3.35. The summed E-state index contributed by atoms with van der Waals surface area (Å²) >= 11 is 0. The summed E-state index contributed by atoms with van der Waals surface area (Å²) in [5, 5.41) is 2.91. The van der Waals surface area contributed by atoms with E-state index in [-0.39, 0.29) is 17.9 Å². The predicted octanol–water partition coefficient (Wildman–Crippen LogP) is 3.83. The second kappa shape index (κ2) is 10.1. The first-order valence-corrected chi connectivity index (χ1v) is 11.6. The molecule has 3 amide bonds. The fourth-order valence-corrected chi connectivity index (χ4v) is 4.75. The van der Waals surface area contributed by atoms with E-state index in [1.54, 1.807) is 0 Å². The van der Waals surface area contributed by atoms with Gasteiger partial charge in [0.1, 0.15) is 6.04 Å². The predicted molar refractivity (Wildman–Crippen MR) is 126 cm³/mol. The minimum Gasteiger partial charge on any atom is -0.467 e. The zero-order valence-electron chi connectivity index (χ0n) is 19.3. The highest BCUT2D eigenvalue weighted by atomic mass is 16.5. The van der Waals surface area contributed by atoms with Gasteiger partial charge in [0.15, 0.2) is 0 Å². The molecule has 0 aromatic heterocycles. The number of para-hydroxylation sites is 1. The Balaban J connectivity index is 1.44. The SMILES string of the molecule is COC(=O)[C@@H]1CCCN1C(=O)NCc1ccc(C(=O)N2CCCCc3ccccc32)cc1C. The number of likely N-dealkylation sites (tertiary alicyclic amines) is 1. The van der Waals surface area contributed by atoms with Crippen LogP contribution >= 0.6 is 0 Å². The lowest BCUT2D eigenvalue weighted by atomic mass is 10.0. The van der Waals surface area contributed by atoms with Crippen molar-refractivity contribution in [3.8, 4) is 0 Å². The maximum atomic E-state index is 13.4. The number of hydrogen-bond donors (Lipinski definition) is 1. The van der Waals surface area contributed by atoms with Gasteiger partial charge in [-0.25, -0.2) is 9.59 Å². The van der Waals surface area contributed by atoms with Gasteiger partial charge in [0.05, 0.1) is 7.11 Å². The van der Waals surface area contributed by atoms with Gasteiger partial charge < -0.3 is 19.9 Å². The molecule has 33 heavy (non-hydrogen) atoms. The van der Waals surface area contributed by atoms with Crippen LogP contribution in [0.1, 0.15) is 52.7 Å². The molecule has 0 radical (unpaired) electrons. The van der Waals surface area contributed by atoms with Crippen molar-refractivity contribution in [2.24, 2.45) is 0 Å². The van der Waals surface area contributed by atoms with E-state index in [1.165, 1.54) is 17.6 Å². The first-order valence-electron chi connectivity index (χ1n) is 11.6. The minimum absolute atomic E-state index is 0.000946. The van der Waals surface area contributed by atoms with E-state index in [1.807, 2.05) is 48.2 Å². The van der Waals surface area contributed by atoms with E-state index in [4.69, 9.17) is 4.74 Å². The third-order valence-corrected chi connectivity index (χ3v) is 6.61. The number of carbonyl (C=O) groups excluding carboxylic acids is 3. The summed E-state index contributed by atoms with van der Waals surface area (Å²) in [5.74, 6) is -0.377. The normalized spacial score (nSPS) is 17.8. The Labute approximate surface area is 194 Å². The number of amides is 3. The van der Waals surface area contributed by atoms with Crippen LogP contribution in [0.15, 0.2) is 42.5 Å². The van der Waals surface area contributed by atoms with Gasteiger partial charge in [-0.2, -0.15) is 0 Å². The second-order valence-electron chi connectivity index (χ2n) is 8.72. The second-order valence-corrected chi connectivity index (χ2v) is 8.72. The quantitative estimate of drug-likeness (QED) is 0.720. The fraction of sp³-hybridized carbons (Fsp3) is 0.423. The van der Waals surface area contributed by atoms with Crippen molar-refractivity contribution < 1.29 is 19.1 Å². The van der Waals surface area contributed by atoms with E-state index in [0.717, 1.165) is 42.5 Å². The lowest BCUT2D eigenvalue weighted by Crippen LogP contribution is -2.46. The lowest BCUT2D eigenvalue weighted by Gasteiger charge is -2.24. The van der Waals surface area contributed by atoms with Gasteiger partial charge in [-0.15, -0.1) is 0 Å². The highest BCUT2D eigenvalue weighted by molar-refractivity contribution is 6.06. The number of fused-ring (bicyclic) bond motifs is 1. The number of ether oxygens (including phenoxy) is 1. The largest absolute Gasteiger partial charge is 0.467 e. The number of benzene rings is 2. The molecule has 0 unspecified atom stereocenters. The molecule has 1 saturated heterocycles. The summed E-state index contributed by atoms with van der Waals surface area (Å²) in [6.07, 6.45) is 4.45. The zero-order valence-corrected chi connectivity index (χ0v) is 19.3. The van der Waals surface area contributed by atoms with Crippen LogP contribution < -0.4 is 10.2 Å². The summed E-state index contributed by atoms with van der Waals surface area (Å²) < 4.78 is 4.82. The van der Waals surface area contributed by atoms with E-state index in [9.17, 15) is 14.4 Å². The van der Waals surface area contributed by atoms with Crippen molar-refractivity contribution in [3.05, 3.63) is 64.7 Å². The number of aryl methyl sites for hydroxylation is 2. The van der Waals surface area contributed by atoms with Gasteiger partial charge in [0, 0.05) is 30.9 Å². The molecule has 4 rings (SSSR count). The van der Waals surface area contributed by atoms with Gasteiger partial charge in [-0.1, -0.05) is 24.3 Å². The van der Waals surface area contributed by atoms with Crippen LogP contribution in [0.5, 0.6) is 0 Å². The highest BCUT2D eigenvalue weighted by Gasteiger charge is 2.34. The summed E-state index contributed by atoms with van der Waals surface area (Å²) in [7, 11) is 1.34. The molecule has 2 aromatic carbocycles. The third kappa shape index (κ3) is 4.87. The molecule has 0 spiro atoms. The van der Waals surface area contributed by atoms with Crippen LogP contribution in [0.4, 0.5) is 10.5 Å². The van der Waals surface area contributed by atoms with E-state index in [2.05, 4.69) is 11.4 Å². The number of carbonyl (C=O) groups is 3. The van der Waals surface area contributed by atoms with Crippen molar-refractivity contribution >= 4 is 23.6 Å². The highest BCUT2D eigenvalue weighted by Crippen LogP contribution is 2.28. The third-order valence-electron chi connectivity index (χ3n) is 6.61. The van der Waals surface area contributed by atoms with E-state index >= 15 is 0 Å². The van der Waals surface area contributed by atoms with Gasteiger partial charge in [0.25, 0.3) is 5.91 Å². The number of nitrogens with one attached hydrogen (secondary N) is 1. The molecule has 0 saturated carbocycles. The van der Waals surface area contributed by atoms with Crippen molar-refractivity contribution in [2.75, 3.05) is 25.1 Å². The average molecular weight is 450 g/mol. The zero-order chi connectivity index (χ0) is 23.4. The van der Waals surface area contributed by atoms with Crippen LogP contribution in [0.2, 0.25) is 0 Å². The number of hydrogen-bond acceptors (Lipinski definition) is 4. The molecule has 0 bridgehead atoms. The van der Waals surface area contributed by atoms with Crippen LogP contribution in [-0.4, -0.2) is 49.0 Å². The minimum atomic E-state index is -0.521. The van der Waals surface area contributed by atoms with Crippen LogP contribution in [0.25, 0.3) is 0 Å². The number of anilines is 1. The smallest absolute Gasteiger partial charge is 0.328 e. The fourth-order valence-electron chi connectivity index (χ4n) is 4.75. The molecular formula is C26H31N3O4. The standard InChI is InChI=1S/C26H31N3O4/c1-18-16-20(24(30)28-14-6-5-9-19-8-3-4-10-22(19)28)12-13-21(18)17-27-26(32)29-15-7-11-23(29)25(31)33-2/h3-4,8,10,12-13,16,23H,5-7,9,11,14-15,17H2,1-2H3,(H,27,32)/t23-/m0/s1. The molecule has 174 valence electrons. The molecule has 2 aliphatic heterocycles. The Morgan fingerprint density at radius 3 is 2.67 bits per heavy atom. The van der Waals surface area contributed by atoms with E-state index in [0.29, 0.717) is 31.6 Å². The molecule has 1 atom stereocenters. The van der Waals surface area contributed by atoms with Gasteiger partial charge in [-0.05, 0) is 73.9 Å². The van der Waals surface area contributed by atoms with Gasteiger partial charge in [-0.3, -0.25) is 4.79 Å². The molecule has 2 aromatic rings. The van der Waals surface area contributed by atoms with Crippen molar-refractivity contribution in [2.45, 2.75) is 51.6 Å². The molecule has 0 aliphatic carbocycles. The summed E-state index contributed by atoms with van der Waals surface area (Å²) in [4.78, 5) is 41.3. The van der Waals surface area contributed by atoms with Gasteiger partial charge in [0.2, 0.25) is 0 Å². The Morgan fingerprint density at radius 2 is 1.88 bits per heavy atom. The van der Waals surface area contributed by atoms with E-state index < -0.39 is 6.04 Å². The molecule has 1 N–H and O–H groups in total. The first kappa shape index (κ1) is 22.8. The van der Waals surface area contributed by atoms with Crippen molar-refractivity contribution in [1.82, 2.24) is 10.2 Å². The number of urea groups is 1. The van der Waals surface area contributed by atoms with Crippen molar-refractivity contribution in [1.29, 1.82) is 0 Å². The summed E-state index contributed by atoms with van der Waals surface area (Å²) in [6.45, 7) is 3.52. The number of methoxy groups -OCH3 is 1. The lowest BCUT2D eigenvalue weighted by molar-refractivity contribution is -0.144. The molecule has 2 aliphatic rings. The van der Waals surface area contributed by atoms with Crippen LogP contribution in [-0.2, 0) is 22.5 Å². The number of rotatable bonds is 4. The monoisotopic (exact) mass is 449 g/mol. The molecule has 1 fully saturated rings. The Morgan fingerprint density at radius 1 is 1.06 bits per heavy atom. The first-order chi connectivity index (χ1) is 16.0. The summed E-state index contributed by atoms with van der Waals surface area (Å²) in [6, 6.07) is 13.0. The Kier molecular flexibility index (Phi) is 6.96. The summed E-state index contributed by atoms with van der Waals surface area (Å²) in [5.41, 5.74) is 4.73. The molecule has 7 heteroatoms. The maximum Gasteiger partial charge on any atom is 0.328 e. The number of esters is 1. The Bertz CT molecular complexity index is 1050. The molecule has 7 nitrogen and oxygen atoms in total. The topological polar surface area (TPSA) is 79.0 Å².